The number of hydrogen-bond acceptors (Lipinski definition) is 2. The van der Waals surface area contributed by atoms with Crippen LogP contribution < -0.4 is 5.56 Å². The van der Waals surface area contributed by atoms with Gasteiger partial charge in [-0.25, -0.2) is 0 Å². The summed E-state index contributed by atoms with van der Waals surface area (Å²) in [7, 11) is 0. The van der Waals surface area contributed by atoms with Crippen LogP contribution in [0, 0.1) is 0 Å². The van der Waals surface area contributed by atoms with Crippen LogP contribution in [0.4, 0.5) is 0 Å². The van der Waals surface area contributed by atoms with Crippen molar-refractivity contribution in [3.05, 3.63) is 77.2 Å². The molecule has 1 aromatic carbocycles. The van der Waals surface area contributed by atoms with E-state index in [0.29, 0.717) is 0 Å². The Kier molecular flexibility index (Phi) is 2.94. The number of nitrogens with zero attached hydrogens (tertiary/aromatic N) is 1. The van der Waals surface area contributed by atoms with Crippen LogP contribution in [0.3, 0.4) is 0 Å². The minimum atomic E-state index is -0.112. The van der Waals surface area contributed by atoms with E-state index in [4.69, 9.17) is 0 Å². The molecule has 0 saturated carbocycles. The Balaban J connectivity index is 2.24. The van der Waals surface area contributed by atoms with Crippen molar-refractivity contribution in [3.8, 4) is 22.5 Å². The Morgan fingerprint density at radius 2 is 1.63 bits per heavy atom. The fourth-order valence-electron chi connectivity index (χ4n) is 2.04. The summed E-state index contributed by atoms with van der Waals surface area (Å²) >= 11 is 0. The normalized spacial score (nSPS) is 10.3. The second-order valence-corrected chi connectivity index (χ2v) is 4.19. The van der Waals surface area contributed by atoms with Crippen molar-refractivity contribution in [2.45, 2.75) is 0 Å². The predicted octanol–water partition coefficient (Wildman–Crippen LogP) is 3.10. The highest BCUT2D eigenvalue weighted by molar-refractivity contribution is 5.78. The fourth-order valence-corrected chi connectivity index (χ4v) is 2.04. The maximum atomic E-state index is 11.6. The van der Waals surface area contributed by atoms with Gasteiger partial charge in [0.2, 0.25) is 5.56 Å². The first-order valence-electron chi connectivity index (χ1n) is 6.05. The number of nitrogens with one attached hydrogen (secondary N) is 1. The van der Waals surface area contributed by atoms with Gasteiger partial charge in [0.15, 0.2) is 0 Å². The molecule has 0 aliphatic heterocycles. The molecule has 0 radical (unpaired) electrons. The molecule has 3 aromatic rings. The number of benzene rings is 1. The molecule has 0 fully saturated rings. The molecule has 0 saturated heterocycles. The molecule has 19 heavy (non-hydrogen) atoms. The van der Waals surface area contributed by atoms with Gasteiger partial charge in [0.05, 0.1) is 11.4 Å². The van der Waals surface area contributed by atoms with Crippen LogP contribution in [0.2, 0.25) is 0 Å². The van der Waals surface area contributed by atoms with Crippen molar-refractivity contribution in [2.75, 3.05) is 0 Å². The van der Waals surface area contributed by atoms with Gasteiger partial charge in [-0.1, -0.05) is 36.4 Å². The molecule has 0 bridgehead atoms. The SMILES string of the molecule is O=c1ccc(-c2ccccn2)c(-c2ccccc2)[nH]1. The third-order valence-corrected chi connectivity index (χ3v) is 2.92. The zero-order valence-corrected chi connectivity index (χ0v) is 10.2. The lowest BCUT2D eigenvalue weighted by molar-refractivity contribution is 1.22. The number of rotatable bonds is 2. The summed E-state index contributed by atoms with van der Waals surface area (Å²) in [6.07, 6.45) is 1.75. The third-order valence-electron chi connectivity index (χ3n) is 2.92. The largest absolute Gasteiger partial charge is 0.321 e. The average Bonchev–Trinajstić information content (AvgIpc) is 2.49. The van der Waals surface area contributed by atoms with Gasteiger partial charge >= 0.3 is 0 Å². The molecule has 3 heteroatoms. The standard InChI is InChI=1S/C16H12N2O/c19-15-10-9-13(14-8-4-5-11-17-14)16(18-15)12-6-2-1-3-7-12/h1-11H,(H,18,19). The lowest BCUT2D eigenvalue weighted by atomic mass is 10.0. The number of aromatic amines is 1. The first-order chi connectivity index (χ1) is 9.34. The summed E-state index contributed by atoms with van der Waals surface area (Å²) < 4.78 is 0. The number of H-pyrrole nitrogens is 1. The van der Waals surface area contributed by atoms with Crippen molar-refractivity contribution in [2.24, 2.45) is 0 Å². The second kappa shape index (κ2) is 4.90. The molecular weight excluding hydrogens is 236 g/mol. The van der Waals surface area contributed by atoms with E-state index in [1.807, 2.05) is 54.6 Å². The van der Waals surface area contributed by atoms with Crippen molar-refractivity contribution in [3.63, 3.8) is 0 Å². The molecule has 0 aliphatic carbocycles. The molecule has 0 amide bonds. The zero-order valence-electron chi connectivity index (χ0n) is 10.2. The van der Waals surface area contributed by atoms with Crippen LogP contribution >= 0.6 is 0 Å². The quantitative estimate of drug-likeness (QED) is 0.757. The molecule has 3 rings (SSSR count). The smallest absolute Gasteiger partial charge is 0.248 e. The van der Waals surface area contributed by atoms with Gasteiger partial charge in [-0.15, -0.1) is 0 Å². The van der Waals surface area contributed by atoms with E-state index in [2.05, 4.69) is 9.97 Å². The van der Waals surface area contributed by atoms with Crippen LogP contribution in [-0.4, -0.2) is 9.97 Å². The minimum Gasteiger partial charge on any atom is -0.321 e. The summed E-state index contributed by atoms with van der Waals surface area (Å²) in [5, 5.41) is 0. The molecule has 2 aromatic heterocycles. The molecular formula is C16H12N2O. The van der Waals surface area contributed by atoms with Gasteiger partial charge in [-0.05, 0) is 23.8 Å². The molecule has 0 unspecified atom stereocenters. The predicted molar refractivity (Wildman–Crippen MR) is 75.7 cm³/mol. The van der Waals surface area contributed by atoms with Crippen LogP contribution in [0.1, 0.15) is 0 Å². The van der Waals surface area contributed by atoms with E-state index < -0.39 is 0 Å². The average molecular weight is 248 g/mol. The Bertz CT molecular complexity index is 733. The number of hydrogen-bond donors (Lipinski definition) is 1. The molecule has 92 valence electrons. The highest BCUT2D eigenvalue weighted by Gasteiger charge is 2.08. The summed E-state index contributed by atoms with van der Waals surface area (Å²) in [6.45, 7) is 0. The van der Waals surface area contributed by atoms with Crippen LogP contribution in [0.15, 0.2) is 71.7 Å². The summed E-state index contributed by atoms with van der Waals surface area (Å²) in [6, 6.07) is 18.9. The molecule has 2 heterocycles. The molecule has 0 spiro atoms. The zero-order chi connectivity index (χ0) is 13.1. The van der Waals surface area contributed by atoms with Crippen LogP contribution in [0.25, 0.3) is 22.5 Å². The van der Waals surface area contributed by atoms with Crippen molar-refractivity contribution < 1.29 is 0 Å². The first kappa shape index (κ1) is 11.4. The summed E-state index contributed by atoms with van der Waals surface area (Å²) in [5.74, 6) is 0. The molecule has 0 aliphatic rings. The van der Waals surface area contributed by atoms with Crippen LogP contribution in [0.5, 0.6) is 0 Å². The van der Waals surface area contributed by atoms with E-state index >= 15 is 0 Å². The Hall–Kier alpha value is -2.68. The lowest BCUT2D eigenvalue weighted by Gasteiger charge is -2.08. The van der Waals surface area contributed by atoms with Gasteiger partial charge in [0.25, 0.3) is 0 Å². The van der Waals surface area contributed by atoms with Gasteiger partial charge in [-0.3, -0.25) is 9.78 Å². The van der Waals surface area contributed by atoms with Crippen molar-refractivity contribution >= 4 is 0 Å². The van der Waals surface area contributed by atoms with E-state index in [1.165, 1.54) is 6.07 Å². The molecule has 3 nitrogen and oxygen atoms in total. The second-order valence-electron chi connectivity index (χ2n) is 4.19. The Morgan fingerprint density at radius 3 is 2.37 bits per heavy atom. The minimum absolute atomic E-state index is 0.112. The van der Waals surface area contributed by atoms with E-state index in [1.54, 1.807) is 6.20 Å². The van der Waals surface area contributed by atoms with Crippen molar-refractivity contribution in [1.82, 2.24) is 9.97 Å². The molecule has 1 N–H and O–H groups in total. The fraction of sp³-hybridized carbons (Fsp3) is 0. The van der Waals surface area contributed by atoms with Gasteiger partial charge in [-0.2, -0.15) is 0 Å². The summed E-state index contributed by atoms with van der Waals surface area (Å²) in [4.78, 5) is 18.8. The summed E-state index contributed by atoms with van der Waals surface area (Å²) in [5.41, 5.74) is 3.43. The van der Waals surface area contributed by atoms with E-state index in [9.17, 15) is 4.79 Å². The highest BCUT2D eigenvalue weighted by atomic mass is 16.1. The third kappa shape index (κ3) is 2.31. The lowest BCUT2D eigenvalue weighted by Crippen LogP contribution is -2.06. The van der Waals surface area contributed by atoms with Gasteiger partial charge in [0, 0.05) is 17.8 Å². The monoisotopic (exact) mass is 248 g/mol. The van der Waals surface area contributed by atoms with E-state index in [-0.39, 0.29) is 5.56 Å². The maximum absolute atomic E-state index is 11.6. The van der Waals surface area contributed by atoms with Gasteiger partial charge < -0.3 is 4.98 Å². The van der Waals surface area contributed by atoms with Gasteiger partial charge in [0.1, 0.15) is 0 Å². The topological polar surface area (TPSA) is 45.8 Å². The molecule has 0 atom stereocenters. The first-order valence-corrected chi connectivity index (χ1v) is 6.05. The van der Waals surface area contributed by atoms with Crippen LogP contribution in [-0.2, 0) is 0 Å². The number of pyridine rings is 2. The Morgan fingerprint density at radius 1 is 0.842 bits per heavy atom. The number of aromatic nitrogens is 2. The maximum Gasteiger partial charge on any atom is 0.248 e. The van der Waals surface area contributed by atoms with Crippen molar-refractivity contribution in [1.29, 1.82) is 0 Å². The Labute approximate surface area is 110 Å². The highest BCUT2D eigenvalue weighted by Crippen LogP contribution is 2.27. The van der Waals surface area contributed by atoms with E-state index in [0.717, 1.165) is 22.5 Å².